The van der Waals surface area contributed by atoms with E-state index in [9.17, 15) is 9.59 Å². The van der Waals surface area contributed by atoms with Crippen molar-refractivity contribution in [1.82, 2.24) is 9.78 Å². The molecule has 0 saturated carbocycles. The van der Waals surface area contributed by atoms with Crippen LogP contribution in [-0.2, 0) is 11.3 Å². The van der Waals surface area contributed by atoms with Crippen molar-refractivity contribution in [3.05, 3.63) is 42.2 Å². The maximum Gasteiger partial charge on any atom is 0.305 e. The lowest BCUT2D eigenvalue weighted by Gasteiger charge is -2.04. The predicted molar refractivity (Wildman–Crippen MR) is 75.4 cm³/mol. The van der Waals surface area contributed by atoms with Crippen LogP contribution in [0.25, 0.3) is 0 Å². The van der Waals surface area contributed by atoms with Crippen molar-refractivity contribution >= 4 is 17.6 Å². The number of rotatable bonds is 6. The summed E-state index contributed by atoms with van der Waals surface area (Å²) in [7, 11) is 1.57. The first kappa shape index (κ1) is 14.6. The number of ether oxygens (including phenoxy) is 1. The minimum atomic E-state index is -0.908. The third-order valence-electron chi connectivity index (χ3n) is 2.80. The first-order chi connectivity index (χ1) is 10.1. The minimum Gasteiger partial charge on any atom is -0.497 e. The van der Waals surface area contributed by atoms with Crippen molar-refractivity contribution in [2.75, 3.05) is 12.4 Å². The van der Waals surface area contributed by atoms with Gasteiger partial charge in [0, 0.05) is 11.9 Å². The molecule has 7 nitrogen and oxygen atoms in total. The lowest BCUT2D eigenvalue weighted by atomic mass is 10.2. The molecule has 0 bridgehead atoms. The number of nitrogens with one attached hydrogen (secondary N) is 1. The summed E-state index contributed by atoms with van der Waals surface area (Å²) in [6.45, 7) is 0.227. The topological polar surface area (TPSA) is 93.5 Å². The lowest BCUT2D eigenvalue weighted by molar-refractivity contribution is -0.137. The van der Waals surface area contributed by atoms with Crippen molar-refractivity contribution in [1.29, 1.82) is 0 Å². The Bertz CT molecular complexity index is 634. The minimum absolute atomic E-state index is 0.0405. The number of hydrogen-bond donors (Lipinski definition) is 2. The summed E-state index contributed by atoms with van der Waals surface area (Å²) in [5, 5.41) is 15.3. The Morgan fingerprint density at radius 3 is 2.67 bits per heavy atom. The molecule has 2 N–H and O–H groups in total. The Labute approximate surface area is 121 Å². The van der Waals surface area contributed by atoms with Gasteiger partial charge in [-0.25, -0.2) is 0 Å². The van der Waals surface area contributed by atoms with Crippen LogP contribution in [0.1, 0.15) is 16.8 Å². The number of amides is 1. The maximum absolute atomic E-state index is 12.0. The van der Waals surface area contributed by atoms with E-state index >= 15 is 0 Å². The second-order valence-electron chi connectivity index (χ2n) is 4.32. The van der Waals surface area contributed by atoms with Crippen molar-refractivity contribution in [3.63, 3.8) is 0 Å². The van der Waals surface area contributed by atoms with E-state index in [1.54, 1.807) is 31.4 Å². The van der Waals surface area contributed by atoms with Crippen LogP contribution in [0.5, 0.6) is 5.75 Å². The van der Waals surface area contributed by atoms with Crippen LogP contribution in [-0.4, -0.2) is 33.9 Å². The highest BCUT2D eigenvalue weighted by molar-refractivity contribution is 6.03. The van der Waals surface area contributed by atoms with Gasteiger partial charge in [0.2, 0.25) is 0 Å². The average molecular weight is 289 g/mol. The van der Waals surface area contributed by atoms with Crippen molar-refractivity contribution < 1.29 is 19.4 Å². The molecule has 0 aliphatic heterocycles. The molecule has 1 amide bonds. The zero-order valence-electron chi connectivity index (χ0n) is 11.4. The molecule has 0 unspecified atom stereocenters. The molecule has 0 atom stereocenters. The van der Waals surface area contributed by atoms with Gasteiger partial charge in [-0.05, 0) is 24.3 Å². The summed E-state index contributed by atoms with van der Waals surface area (Å²) in [5.74, 6) is -0.508. The van der Waals surface area contributed by atoms with E-state index in [1.807, 2.05) is 0 Å². The molecule has 7 heteroatoms. The smallest absolute Gasteiger partial charge is 0.305 e. The lowest BCUT2D eigenvalue weighted by Crippen LogP contribution is -2.11. The van der Waals surface area contributed by atoms with Crippen LogP contribution in [0.2, 0.25) is 0 Å². The third-order valence-corrected chi connectivity index (χ3v) is 2.80. The molecule has 0 aliphatic carbocycles. The number of methoxy groups -OCH3 is 1. The number of hydrogen-bond acceptors (Lipinski definition) is 4. The summed E-state index contributed by atoms with van der Waals surface area (Å²) < 4.78 is 6.46. The van der Waals surface area contributed by atoms with Gasteiger partial charge in [-0.3, -0.25) is 14.3 Å². The van der Waals surface area contributed by atoms with Gasteiger partial charge >= 0.3 is 5.97 Å². The standard InChI is InChI=1S/C14H15N3O4/c1-21-12-4-2-11(3-5-12)16-14(20)10-8-15-17(9-10)7-6-13(18)19/h2-5,8-9H,6-7H2,1H3,(H,16,20)(H,18,19). The van der Waals surface area contributed by atoms with Gasteiger partial charge in [0.05, 0.1) is 31.8 Å². The van der Waals surface area contributed by atoms with Crippen LogP contribution < -0.4 is 10.1 Å². The fourth-order valence-corrected chi connectivity index (χ4v) is 1.69. The molecule has 1 aromatic heterocycles. The zero-order chi connectivity index (χ0) is 15.2. The third kappa shape index (κ3) is 4.07. The van der Waals surface area contributed by atoms with Crippen LogP contribution in [0.15, 0.2) is 36.7 Å². The Hall–Kier alpha value is -2.83. The van der Waals surface area contributed by atoms with Gasteiger partial charge in [0.15, 0.2) is 0 Å². The molecule has 21 heavy (non-hydrogen) atoms. The van der Waals surface area contributed by atoms with Crippen LogP contribution in [0.4, 0.5) is 5.69 Å². The van der Waals surface area contributed by atoms with Gasteiger partial charge in [-0.2, -0.15) is 5.10 Å². The average Bonchev–Trinajstić information content (AvgIpc) is 2.95. The first-order valence-electron chi connectivity index (χ1n) is 6.28. The number of carboxylic acids is 1. The highest BCUT2D eigenvalue weighted by Crippen LogP contribution is 2.15. The quantitative estimate of drug-likeness (QED) is 0.842. The molecule has 1 heterocycles. The Balaban J connectivity index is 1.97. The number of anilines is 1. The summed E-state index contributed by atoms with van der Waals surface area (Å²) in [6.07, 6.45) is 2.88. The molecular weight excluding hydrogens is 274 g/mol. The van der Waals surface area contributed by atoms with E-state index in [1.165, 1.54) is 17.1 Å². The Kier molecular flexibility index (Phi) is 4.55. The molecule has 0 fully saturated rings. The van der Waals surface area contributed by atoms with Crippen LogP contribution >= 0.6 is 0 Å². The van der Waals surface area contributed by atoms with Gasteiger partial charge < -0.3 is 15.2 Å². The molecule has 2 aromatic rings. The monoisotopic (exact) mass is 289 g/mol. The predicted octanol–water partition coefficient (Wildman–Crippen LogP) is 1.62. The van der Waals surface area contributed by atoms with E-state index in [0.29, 0.717) is 17.0 Å². The van der Waals surface area contributed by atoms with E-state index in [4.69, 9.17) is 9.84 Å². The Morgan fingerprint density at radius 2 is 2.05 bits per heavy atom. The Morgan fingerprint density at radius 1 is 1.33 bits per heavy atom. The molecule has 0 saturated heterocycles. The molecular formula is C14H15N3O4. The summed E-state index contributed by atoms with van der Waals surface area (Å²) in [4.78, 5) is 22.5. The first-order valence-corrected chi connectivity index (χ1v) is 6.28. The molecule has 110 valence electrons. The zero-order valence-corrected chi connectivity index (χ0v) is 11.4. The number of aromatic nitrogens is 2. The molecule has 2 rings (SSSR count). The SMILES string of the molecule is COc1ccc(NC(=O)c2cnn(CCC(=O)O)c2)cc1. The van der Waals surface area contributed by atoms with Crippen LogP contribution in [0.3, 0.4) is 0 Å². The molecule has 0 radical (unpaired) electrons. The second kappa shape index (κ2) is 6.56. The highest BCUT2D eigenvalue weighted by Gasteiger charge is 2.09. The fraction of sp³-hybridized carbons (Fsp3) is 0.214. The van der Waals surface area contributed by atoms with Gasteiger partial charge in [0.25, 0.3) is 5.91 Å². The number of carboxylic acid groups (broad SMARTS) is 1. The van der Waals surface area contributed by atoms with Crippen molar-refractivity contribution in [2.24, 2.45) is 0 Å². The van der Waals surface area contributed by atoms with Crippen LogP contribution in [0, 0.1) is 0 Å². The number of aliphatic carboxylic acids is 1. The van der Waals surface area contributed by atoms with E-state index < -0.39 is 5.97 Å². The summed E-state index contributed by atoms with van der Waals surface area (Å²) in [6, 6.07) is 6.94. The number of nitrogens with zero attached hydrogens (tertiary/aromatic N) is 2. The highest BCUT2D eigenvalue weighted by atomic mass is 16.5. The van der Waals surface area contributed by atoms with Gasteiger partial charge in [-0.1, -0.05) is 0 Å². The second-order valence-corrected chi connectivity index (χ2v) is 4.32. The number of aryl methyl sites for hydroxylation is 1. The fourth-order valence-electron chi connectivity index (χ4n) is 1.69. The van der Waals surface area contributed by atoms with E-state index in [-0.39, 0.29) is 18.9 Å². The van der Waals surface area contributed by atoms with Crippen molar-refractivity contribution in [2.45, 2.75) is 13.0 Å². The number of carbonyl (C=O) groups excluding carboxylic acids is 1. The van der Waals surface area contributed by atoms with E-state index in [0.717, 1.165) is 0 Å². The normalized spacial score (nSPS) is 10.1. The van der Waals surface area contributed by atoms with Gasteiger partial charge in [0.1, 0.15) is 5.75 Å². The van der Waals surface area contributed by atoms with Crippen molar-refractivity contribution in [3.8, 4) is 5.75 Å². The maximum atomic E-state index is 12.0. The summed E-state index contributed by atoms with van der Waals surface area (Å²) in [5.41, 5.74) is 1.01. The van der Waals surface area contributed by atoms with E-state index in [2.05, 4.69) is 10.4 Å². The largest absolute Gasteiger partial charge is 0.497 e. The number of carbonyl (C=O) groups is 2. The molecule has 0 aliphatic rings. The number of benzene rings is 1. The molecule has 0 spiro atoms. The molecule has 1 aromatic carbocycles. The summed E-state index contributed by atoms with van der Waals surface area (Å²) >= 11 is 0. The van der Waals surface area contributed by atoms with Gasteiger partial charge in [-0.15, -0.1) is 0 Å².